The Bertz CT molecular complexity index is 589. The van der Waals surface area contributed by atoms with E-state index in [9.17, 15) is 0 Å². The fraction of sp³-hybridized carbons (Fsp3) is 0.650. The average Bonchev–Trinajstić information content (AvgIpc) is 3.54. The van der Waals surface area contributed by atoms with Crippen LogP contribution in [0.15, 0.2) is 23.2 Å². The molecule has 26 heavy (non-hydrogen) atoms. The molecular formula is C20H32IN3O2. The smallest absolute Gasteiger partial charge is 0.190 e. The van der Waals surface area contributed by atoms with Crippen molar-refractivity contribution in [1.82, 2.24) is 10.6 Å². The lowest BCUT2D eigenvalue weighted by Gasteiger charge is -2.19. The van der Waals surface area contributed by atoms with Crippen LogP contribution >= 0.6 is 24.0 Å². The topological polar surface area (TPSA) is 54.9 Å². The number of rotatable bonds is 9. The second-order valence-corrected chi connectivity index (χ2v) is 7.15. The third-order valence-corrected chi connectivity index (χ3v) is 5.36. The van der Waals surface area contributed by atoms with Gasteiger partial charge in [-0.1, -0.05) is 0 Å². The minimum Gasteiger partial charge on any atom is -0.497 e. The molecular weight excluding hydrogens is 441 g/mol. The van der Waals surface area contributed by atoms with E-state index in [1.807, 2.05) is 25.2 Å². The number of hydrogen-bond acceptors (Lipinski definition) is 3. The Morgan fingerprint density at radius 3 is 2.35 bits per heavy atom. The zero-order valence-corrected chi connectivity index (χ0v) is 18.4. The van der Waals surface area contributed by atoms with Crippen LogP contribution in [0.3, 0.4) is 0 Å². The van der Waals surface area contributed by atoms with Gasteiger partial charge in [-0.05, 0) is 73.6 Å². The monoisotopic (exact) mass is 473 g/mol. The highest BCUT2D eigenvalue weighted by molar-refractivity contribution is 14.0. The van der Waals surface area contributed by atoms with E-state index >= 15 is 0 Å². The molecule has 1 aromatic carbocycles. The number of hydrogen-bond donors (Lipinski definition) is 2. The molecule has 0 radical (unpaired) electrons. The van der Waals surface area contributed by atoms with E-state index < -0.39 is 0 Å². The Balaban J connectivity index is 0.00000243. The highest BCUT2D eigenvalue weighted by Crippen LogP contribution is 2.48. The first kappa shape index (κ1) is 21.1. The molecule has 0 amide bonds. The summed E-state index contributed by atoms with van der Waals surface area (Å²) >= 11 is 0. The third kappa shape index (κ3) is 5.93. The summed E-state index contributed by atoms with van der Waals surface area (Å²) in [6.45, 7) is 1.86. The van der Waals surface area contributed by atoms with Crippen LogP contribution in [0.5, 0.6) is 11.5 Å². The Labute approximate surface area is 174 Å². The van der Waals surface area contributed by atoms with Gasteiger partial charge in [0.25, 0.3) is 0 Å². The first-order valence-corrected chi connectivity index (χ1v) is 9.40. The van der Waals surface area contributed by atoms with Crippen molar-refractivity contribution in [2.75, 3.05) is 34.4 Å². The predicted molar refractivity (Wildman–Crippen MR) is 117 cm³/mol. The van der Waals surface area contributed by atoms with Crippen molar-refractivity contribution >= 4 is 29.9 Å². The molecule has 2 aliphatic rings. The Kier molecular flexibility index (Phi) is 8.31. The fourth-order valence-corrected chi connectivity index (χ4v) is 3.59. The summed E-state index contributed by atoms with van der Waals surface area (Å²) in [7, 11) is 5.23. The molecule has 0 saturated heterocycles. The minimum absolute atomic E-state index is 0. The van der Waals surface area contributed by atoms with Crippen LogP contribution < -0.4 is 20.1 Å². The maximum Gasteiger partial charge on any atom is 0.190 e. The summed E-state index contributed by atoms with van der Waals surface area (Å²) < 4.78 is 10.8. The van der Waals surface area contributed by atoms with Gasteiger partial charge in [-0.25, -0.2) is 0 Å². The molecule has 0 heterocycles. The van der Waals surface area contributed by atoms with E-state index in [4.69, 9.17) is 9.47 Å². The molecule has 3 rings (SSSR count). The molecule has 2 aliphatic carbocycles. The molecule has 2 N–H and O–H groups in total. The maximum atomic E-state index is 5.45. The molecule has 0 atom stereocenters. The Morgan fingerprint density at radius 1 is 1.12 bits per heavy atom. The van der Waals surface area contributed by atoms with Gasteiger partial charge in [0.05, 0.1) is 14.2 Å². The molecule has 6 heteroatoms. The van der Waals surface area contributed by atoms with Gasteiger partial charge in [0.2, 0.25) is 0 Å². The standard InChI is InChI=1S/C20H31N3O2.HI/c1-21-20(23-13-18(14-4-5-14)15-6-7-15)22-11-10-16-12-17(24-2)8-9-19(16)25-3;/h8-9,12,14-15,18H,4-7,10-11,13H2,1-3H3,(H2,21,22,23);1H. The zero-order valence-electron chi connectivity index (χ0n) is 16.1. The minimum atomic E-state index is 0. The number of methoxy groups -OCH3 is 2. The third-order valence-electron chi connectivity index (χ3n) is 5.36. The number of aliphatic imine (C=N–C) groups is 1. The summed E-state index contributed by atoms with van der Waals surface area (Å²) in [4.78, 5) is 4.37. The molecule has 146 valence electrons. The van der Waals surface area contributed by atoms with Crippen LogP contribution in [0.2, 0.25) is 0 Å². The van der Waals surface area contributed by atoms with Crippen LogP contribution in [0, 0.1) is 17.8 Å². The first-order chi connectivity index (χ1) is 12.2. The van der Waals surface area contributed by atoms with Gasteiger partial charge in [-0.15, -0.1) is 24.0 Å². The molecule has 0 aromatic heterocycles. The molecule has 1 aromatic rings. The van der Waals surface area contributed by atoms with Crippen LogP contribution in [0.1, 0.15) is 31.2 Å². The second kappa shape index (κ2) is 10.2. The number of guanidine groups is 1. The number of ether oxygens (including phenoxy) is 2. The van der Waals surface area contributed by atoms with E-state index in [-0.39, 0.29) is 24.0 Å². The van der Waals surface area contributed by atoms with Crippen LogP contribution in [0.4, 0.5) is 0 Å². The molecule has 5 nitrogen and oxygen atoms in total. The molecule has 0 unspecified atom stereocenters. The average molecular weight is 473 g/mol. The van der Waals surface area contributed by atoms with Gasteiger partial charge in [-0.2, -0.15) is 0 Å². The zero-order chi connectivity index (χ0) is 17.6. The van der Waals surface area contributed by atoms with Gasteiger partial charge in [-0.3, -0.25) is 4.99 Å². The van der Waals surface area contributed by atoms with Crippen molar-refractivity contribution in [1.29, 1.82) is 0 Å². The number of halogens is 1. The number of nitrogens with one attached hydrogen (secondary N) is 2. The lowest BCUT2D eigenvalue weighted by molar-refractivity contribution is 0.398. The molecule has 0 aliphatic heterocycles. The SMILES string of the molecule is CN=C(NCCc1cc(OC)ccc1OC)NCC(C1CC1)C1CC1.I. The van der Waals surface area contributed by atoms with Crippen LogP contribution in [0.25, 0.3) is 0 Å². The van der Waals surface area contributed by atoms with E-state index in [1.54, 1.807) is 14.2 Å². The van der Waals surface area contributed by atoms with E-state index in [1.165, 1.54) is 25.7 Å². The molecule has 2 saturated carbocycles. The van der Waals surface area contributed by atoms with E-state index in [0.29, 0.717) is 0 Å². The quantitative estimate of drug-likeness (QED) is 0.328. The Morgan fingerprint density at radius 2 is 1.81 bits per heavy atom. The second-order valence-electron chi connectivity index (χ2n) is 7.15. The normalized spacial score (nSPS) is 16.8. The number of benzene rings is 1. The lowest BCUT2D eigenvalue weighted by Crippen LogP contribution is -2.41. The summed E-state index contributed by atoms with van der Waals surface area (Å²) in [5.74, 6) is 5.41. The van der Waals surface area contributed by atoms with E-state index in [0.717, 1.165) is 60.3 Å². The Hall–Kier alpha value is -1.18. The van der Waals surface area contributed by atoms with Crippen molar-refractivity contribution in [2.45, 2.75) is 32.1 Å². The van der Waals surface area contributed by atoms with Crippen molar-refractivity contribution in [3.05, 3.63) is 23.8 Å². The molecule has 2 fully saturated rings. The summed E-state index contributed by atoms with van der Waals surface area (Å²) in [6, 6.07) is 5.91. The fourth-order valence-electron chi connectivity index (χ4n) is 3.59. The van der Waals surface area contributed by atoms with Crippen molar-refractivity contribution < 1.29 is 9.47 Å². The van der Waals surface area contributed by atoms with Crippen LogP contribution in [-0.4, -0.2) is 40.3 Å². The van der Waals surface area contributed by atoms with Gasteiger partial charge < -0.3 is 20.1 Å². The van der Waals surface area contributed by atoms with E-state index in [2.05, 4.69) is 15.6 Å². The summed E-state index contributed by atoms with van der Waals surface area (Å²) in [5, 5.41) is 6.96. The van der Waals surface area contributed by atoms with Crippen molar-refractivity contribution in [2.24, 2.45) is 22.7 Å². The van der Waals surface area contributed by atoms with Crippen LogP contribution in [-0.2, 0) is 6.42 Å². The summed E-state index contributed by atoms with van der Waals surface area (Å²) in [5.41, 5.74) is 1.14. The predicted octanol–water partition coefficient (Wildman–Crippen LogP) is 3.47. The van der Waals surface area contributed by atoms with Gasteiger partial charge >= 0.3 is 0 Å². The maximum absolute atomic E-state index is 5.45. The van der Waals surface area contributed by atoms with Gasteiger partial charge in [0.1, 0.15) is 11.5 Å². The van der Waals surface area contributed by atoms with Crippen molar-refractivity contribution in [3.8, 4) is 11.5 Å². The van der Waals surface area contributed by atoms with Gasteiger partial charge in [0.15, 0.2) is 5.96 Å². The highest BCUT2D eigenvalue weighted by Gasteiger charge is 2.41. The lowest BCUT2D eigenvalue weighted by atomic mass is 9.98. The largest absolute Gasteiger partial charge is 0.497 e. The molecule has 0 bridgehead atoms. The van der Waals surface area contributed by atoms with Gasteiger partial charge in [0, 0.05) is 20.1 Å². The summed E-state index contributed by atoms with van der Waals surface area (Å²) in [6.07, 6.45) is 6.54. The number of nitrogens with zero attached hydrogens (tertiary/aromatic N) is 1. The highest BCUT2D eigenvalue weighted by atomic mass is 127. The molecule has 0 spiro atoms. The van der Waals surface area contributed by atoms with Crippen molar-refractivity contribution in [3.63, 3.8) is 0 Å². The first-order valence-electron chi connectivity index (χ1n) is 9.40.